The van der Waals surface area contributed by atoms with Gasteiger partial charge in [0.05, 0.1) is 39.5 Å². The van der Waals surface area contributed by atoms with Gasteiger partial charge in [-0.2, -0.15) is 4.98 Å². The zero-order valence-electron chi connectivity index (χ0n) is 17.2. The first-order valence-corrected chi connectivity index (χ1v) is 9.88. The van der Waals surface area contributed by atoms with Gasteiger partial charge in [0.1, 0.15) is 17.6 Å². The van der Waals surface area contributed by atoms with Crippen LogP contribution in [-0.2, 0) is 24.3 Å². The van der Waals surface area contributed by atoms with E-state index >= 15 is 0 Å². The van der Waals surface area contributed by atoms with Gasteiger partial charge < -0.3 is 18.7 Å². The lowest BCUT2D eigenvalue weighted by Gasteiger charge is -2.24. The molecule has 9 heteroatoms. The zero-order chi connectivity index (χ0) is 21.2. The van der Waals surface area contributed by atoms with Crippen LogP contribution in [0.2, 0.25) is 0 Å². The molecule has 2 aromatic carbocycles. The summed E-state index contributed by atoms with van der Waals surface area (Å²) in [6, 6.07) is 15.6. The second kappa shape index (κ2) is 8.19. The number of fused-ring (bicyclic) bond motifs is 1. The number of benzene rings is 2. The molecular formula is C22H21N5O4. The highest BCUT2D eigenvalue weighted by Crippen LogP contribution is 2.31. The van der Waals surface area contributed by atoms with Gasteiger partial charge in [0, 0.05) is 5.56 Å². The standard InChI is InChI=1S/C22H21N5O4/c1-28-16-9-7-14(8-10-16)19-12-27-17(13-30-19)21(24-26-27)22-23-20(31-25-22)11-15-5-3-4-6-18(15)29-2/h3-10,19H,11-13H2,1-2H3/t19-/m0/s1. The summed E-state index contributed by atoms with van der Waals surface area (Å²) < 4.78 is 24.0. The lowest BCUT2D eigenvalue weighted by molar-refractivity contribution is -0.00114. The quantitative estimate of drug-likeness (QED) is 0.470. The number of rotatable bonds is 6. The molecule has 0 saturated heterocycles. The third-order valence-corrected chi connectivity index (χ3v) is 5.30. The molecule has 0 bridgehead atoms. The van der Waals surface area contributed by atoms with Crippen LogP contribution < -0.4 is 9.47 Å². The topological polar surface area (TPSA) is 97.3 Å². The summed E-state index contributed by atoms with van der Waals surface area (Å²) in [5.41, 5.74) is 3.43. The minimum Gasteiger partial charge on any atom is -0.497 e. The first-order valence-electron chi connectivity index (χ1n) is 9.88. The molecule has 0 unspecified atom stereocenters. The van der Waals surface area contributed by atoms with Gasteiger partial charge in [0.2, 0.25) is 11.7 Å². The van der Waals surface area contributed by atoms with E-state index in [-0.39, 0.29) is 6.10 Å². The van der Waals surface area contributed by atoms with Gasteiger partial charge in [-0.05, 0) is 23.8 Å². The van der Waals surface area contributed by atoms with E-state index in [4.69, 9.17) is 18.7 Å². The highest BCUT2D eigenvalue weighted by atomic mass is 16.5. The van der Waals surface area contributed by atoms with E-state index < -0.39 is 0 Å². The average Bonchev–Trinajstić information content (AvgIpc) is 3.45. The molecule has 1 atom stereocenters. The van der Waals surface area contributed by atoms with E-state index in [0.29, 0.717) is 37.0 Å². The van der Waals surface area contributed by atoms with Crippen LogP contribution in [0.15, 0.2) is 53.1 Å². The summed E-state index contributed by atoms with van der Waals surface area (Å²) >= 11 is 0. The SMILES string of the molecule is COc1ccc([C@@H]2Cn3nnc(-c4noc(Cc5ccccc5OC)n4)c3CO2)cc1. The second-order valence-corrected chi connectivity index (χ2v) is 7.14. The minimum atomic E-state index is -0.112. The second-order valence-electron chi connectivity index (χ2n) is 7.14. The maximum absolute atomic E-state index is 6.07. The number of methoxy groups -OCH3 is 2. The van der Waals surface area contributed by atoms with Crippen molar-refractivity contribution in [3.8, 4) is 23.0 Å². The number of nitrogens with zero attached hydrogens (tertiary/aromatic N) is 5. The fourth-order valence-electron chi connectivity index (χ4n) is 3.64. The Morgan fingerprint density at radius 1 is 1.06 bits per heavy atom. The Morgan fingerprint density at radius 2 is 1.90 bits per heavy atom. The fourth-order valence-corrected chi connectivity index (χ4v) is 3.64. The molecule has 2 aromatic heterocycles. The Hall–Kier alpha value is -3.72. The molecule has 0 N–H and O–H groups in total. The Balaban J connectivity index is 1.34. The van der Waals surface area contributed by atoms with E-state index in [2.05, 4.69) is 20.5 Å². The summed E-state index contributed by atoms with van der Waals surface area (Å²) in [5, 5.41) is 12.7. The zero-order valence-corrected chi connectivity index (χ0v) is 17.2. The van der Waals surface area contributed by atoms with Crippen molar-refractivity contribution in [1.29, 1.82) is 0 Å². The van der Waals surface area contributed by atoms with Crippen LogP contribution in [0.1, 0.15) is 28.8 Å². The first kappa shape index (κ1) is 19.3. The molecule has 158 valence electrons. The molecule has 0 fully saturated rings. The van der Waals surface area contributed by atoms with Gasteiger partial charge in [-0.15, -0.1) is 5.10 Å². The van der Waals surface area contributed by atoms with E-state index in [1.165, 1.54) is 0 Å². The van der Waals surface area contributed by atoms with Crippen molar-refractivity contribution in [2.75, 3.05) is 14.2 Å². The average molecular weight is 419 g/mol. The number of ether oxygens (including phenoxy) is 3. The predicted molar refractivity (Wildman–Crippen MR) is 110 cm³/mol. The highest BCUT2D eigenvalue weighted by Gasteiger charge is 2.27. The molecule has 31 heavy (non-hydrogen) atoms. The Morgan fingerprint density at radius 3 is 2.71 bits per heavy atom. The summed E-state index contributed by atoms with van der Waals surface area (Å²) in [6.07, 6.45) is 0.357. The van der Waals surface area contributed by atoms with Crippen LogP contribution in [-0.4, -0.2) is 39.4 Å². The Kier molecular flexibility index (Phi) is 5.09. The van der Waals surface area contributed by atoms with Crippen LogP contribution in [0.5, 0.6) is 11.5 Å². The lowest BCUT2D eigenvalue weighted by atomic mass is 10.1. The van der Waals surface area contributed by atoms with E-state index in [1.807, 2.05) is 53.2 Å². The molecule has 1 aliphatic heterocycles. The monoisotopic (exact) mass is 419 g/mol. The number of hydrogen-bond acceptors (Lipinski definition) is 8. The van der Waals surface area contributed by atoms with Gasteiger partial charge in [-0.3, -0.25) is 0 Å². The molecule has 1 aliphatic rings. The molecule has 0 spiro atoms. The normalized spacial score (nSPS) is 15.5. The van der Waals surface area contributed by atoms with Crippen molar-refractivity contribution in [3.05, 3.63) is 71.2 Å². The highest BCUT2D eigenvalue weighted by molar-refractivity contribution is 5.51. The summed E-state index contributed by atoms with van der Waals surface area (Å²) in [4.78, 5) is 4.51. The van der Waals surface area contributed by atoms with Gasteiger partial charge in [0.25, 0.3) is 0 Å². The smallest absolute Gasteiger partial charge is 0.231 e. The van der Waals surface area contributed by atoms with Crippen molar-refractivity contribution in [2.24, 2.45) is 0 Å². The van der Waals surface area contributed by atoms with Gasteiger partial charge in [-0.25, -0.2) is 4.68 Å². The van der Waals surface area contributed by atoms with Crippen LogP contribution in [0.4, 0.5) is 0 Å². The minimum absolute atomic E-state index is 0.112. The van der Waals surface area contributed by atoms with E-state index in [0.717, 1.165) is 28.3 Å². The molecule has 0 amide bonds. The van der Waals surface area contributed by atoms with E-state index in [9.17, 15) is 0 Å². The molecule has 4 aromatic rings. The van der Waals surface area contributed by atoms with Crippen LogP contribution >= 0.6 is 0 Å². The van der Waals surface area contributed by atoms with Gasteiger partial charge in [0.15, 0.2) is 5.69 Å². The van der Waals surface area contributed by atoms with Crippen molar-refractivity contribution in [2.45, 2.75) is 25.7 Å². The van der Waals surface area contributed by atoms with Crippen LogP contribution in [0.3, 0.4) is 0 Å². The molecule has 9 nitrogen and oxygen atoms in total. The van der Waals surface area contributed by atoms with Crippen LogP contribution in [0.25, 0.3) is 11.5 Å². The largest absolute Gasteiger partial charge is 0.497 e. The summed E-state index contributed by atoms with van der Waals surface area (Å²) in [7, 11) is 3.29. The third-order valence-electron chi connectivity index (χ3n) is 5.30. The van der Waals surface area contributed by atoms with Crippen molar-refractivity contribution < 1.29 is 18.7 Å². The molecule has 0 saturated carbocycles. The van der Waals surface area contributed by atoms with E-state index in [1.54, 1.807) is 14.2 Å². The molecule has 0 radical (unpaired) electrons. The molecule has 3 heterocycles. The van der Waals surface area contributed by atoms with Gasteiger partial charge >= 0.3 is 0 Å². The molecule has 5 rings (SSSR count). The molecular weight excluding hydrogens is 398 g/mol. The maximum atomic E-state index is 6.07. The fraction of sp³-hybridized carbons (Fsp3) is 0.273. The van der Waals surface area contributed by atoms with Crippen molar-refractivity contribution in [3.63, 3.8) is 0 Å². The summed E-state index contributed by atoms with van der Waals surface area (Å²) in [6.45, 7) is 0.913. The third kappa shape index (κ3) is 3.75. The molecule has 0 aliphatic carbocycles. The number of hydrogen-bond donors (Lipinski definition) is 0. The lowest BCUT2D eigenvalue weighted by Crippen LogP contribution is -2.22. The Labute approximate surface area is 178 Å². The maximum Gasteiger partial charge on any atom is 0.231 e. The van der Waals surface area contributed by atoms with Crippen molar-refractivity contribution in [1.82, 2.24) is 25.1 Å². The number of aromatic nitrogens is 5. The first-order chi connectivity index (χ1) is 15.2. The Bertz CT molecular complexity index is 1180. The number of para-hydroxylation sites is 1. The van der Waals surface area contributed by atoms with Gasteiger partial charge in [-0.1, -0.05) is 40.7 Å². The van der Waals surface area contributed by atoms with Crippen molar-refractivity contribution >= 4 is 0 Å². The summed E-state index contributed by atoms with van der Waals surface area (Å²) in [5.74, 6) is 2.47. The van der Waals surface area contributed by atoms with Crippen LogP contribution in [0, 0.1) is 0 Å². The predicted octanol–water partition coefficient (Wildman–Crippen LogP) is 3.21.